The molecular weight excluding hydrogens is 220 g/mol. The lowest BCUT2D eigenvalue weighted by Crippen LogP contribution is -2.47. The molecule has 0 spiro atoms. The van der Waals surface area contributed by atoms with Gasteiger partial charge >= 0.3 is 0 Å². The number of hydrogen-bond donors (Lipinski definition) is 0. The highest BCUT2D eigenvalue weighted by atomic mass is 35.5. The summed E-state index contributed by atoms with van der Waals surface area (Å²) in [5.74, 6) is 0. The third kappa shape index (κ3) is 4.44. The van der Waals surface area contributed by atoms with Crippen LogP contribution in [0.5, 0.6) is 0 Å². The van der Waals surface area contributed by atoms with E-state index in [4.69, 9.17) is 17.0 Å². The van der Waals surface area contributed by atoms with Gasteiger partial charge in [-0.05, 0) is 25.7 Å². The number of hydrogen-bond acceptors (Lipinski definition) is 3. The molecule has 0 amide bonds. The summed E-state index contributed by atoms with van der Waals surface area (Å²) in [6.45, 7) is 6.99. The molecule has 14 heavy (non-hydrogen) atoms. The molecule has 5 heteroatoms. The Balaban J connectivity index is 0.00000169. The van der Waals surface area contributed by atoms with Gasteiger partial charge in [0.1, 0.15) is 0 Å². The lowest BCUT2D eigenvalue weighted by molar-refractivity contribution is 0.174. The average Bonchev–Trinajstić information content (AvgIpc) is 2.15. The van der Waals surface area contributed by atoms with Crippen LogP contribution < -0.4 is 0 Å². The zero-order valence-corrected chi connectivity index (χ0v) is 10.5. The first kappa shape index (κ1) is 13.9. The van der Waals surface area contributed by atoms with E-state index in [9.17, 15) is 0 Å². The summed E-state index contributed by atoms with van der Waals surface area (Å²) in [6.07, 6.45) is 1.02. The molecule has 1 fully saturated rings. The van der Waals surface area contributed by atoms with E-state index in [2.05, 4.69) is 23.8 Å². The molecule has 0 aromatic rings. The molecule has 1 saturated heterocycles. The van der Waals surface area contributed by atoms with Crippen molar-refractivity contribution in [3.05, 3.63) is 0 Å². The topological polar surface area (TPSA) is 15.7 Å². The minimum absolute atomic E-state index is 0. The molecule has 0 unspecified atom stereocenters. The normalized spacial score (nSPS) is 17.4. The Hall–Kier alpha value is -0.0600. The maximum Gasteiger partial charge on any atom is 0.259 e. The minimum atomic E-state index is 0. The minimum Gasteiger partial charge on any atom is -0.471 e. The van der Waals surface area contributed by atoms with E-state index in [0.29, 0.717) is 5.17 Å². The molecular formula is C9H19ClN2OS. The quantitative estimate of drug-likeness (QED) is 0.675. The van der Waals surface area contributed by atoms with Gasteiger partial charge in [0.25, 0.3) is 5.17 Å². The van der Waals surface area contributed by atoms with Crippen LogP contribution in [0.3, 0.4) is 0 Å². The van der Waals surface area contributed by atoms with Crippen LogP contribution in [-0.2, 0) is 4.74 Å². The Labute approximate surface area is 97.8 Å². The molecule has 1 rings (SSSR count). The third-order valence-corrected chi connectivity index (χ3v) is 2.57. The number of thiocarbonyl (C=S) groups is 1. The lowest BCUT2D eigenvalue weighted by atomic mass is 10.3. The van der Waals surface area contributed by atoms with E-state index < -0.39 is 0 Å². The van der Waals surface area contributed by atoms with Gasteiger partial charge in [-0.2, -0.15) is 0 Å². The van der Waals surface area contributed by atoms with Gasteiger partial charge < -0.3 is 14.5 Å². The number of rotatable bonds is 2. The molecule has 0 aromatic carbocycles. The molecule has 84 valence electrons. The van der Waals surface area contributed by atoms with E-state index in [0.717, 1.165) is 39.2 Å². The van der Waals surface area contributed by atoms with E-state index >= 15 is 0 Å². The highest BCUT2D eigenvalue weighted by Gasteiger charge is 2.16. The van der Waals surface area contributed by atoms with Crippen LogP contribution in [0.2, 0.25) is 0 Å². The van der Waals surface area contributed by atoms with Gasteiger partial charge in [0.2, 0.25) is 0 Å². The van der Waals surface area contributed by atoms with Gasteiger partial charge in [0.05, 0.1) is 6.61 Å². The van der Waals surface area contributed by atoms with Gasteiger partial charge in [-0.25, -0.2) is 0 Å². The Morgan fingerprint density at radius 2 is 1.86 bits per heavy atom. The van der Waals surface area contributed by atoms with Crippen molar-refractivity contribution < 1.29 is 4.74 Å². The highest BCUT2D eigenvalue weighted by Crippen LogP contribution is 2.02. The van der Waals surface area contributed by atoms with Crippen LogP contribution >= 0.6 is 24.6 Å². The smallest absolute Gasteiger partial charge is 0.259 e. The van der Waals surface area contributed by atoms with Crippen molar-refractivity contribution in [2.45, 2.75) is 13.3 Å². The summed E-state index contributed by atoms with van der Waals surface area (Å²) in [5.41, 5.74) is 0. The van der Waals surface area contributed by atoms with Crippen molar-refractivity contribution in [1.82, 2.24) is 9.80 Å². The number of halogens is 1. The van der Waals surface area contributed by atoms with Gasteiger partial charge in [0.15, 0.2) is 0 Å². The Morgan fingerprint density at radius 1 is 1.29 bits per heavy atom. The van der Waals surface area contributed by atoms with E-state index in [1.807, 2.05) is 0 Å². The zero-order chi connectivity index (χ0) is 9.68. The number of piperazine rings is 1. The molecule has 0 aromatic heterocycles. The summed E-state index contributed by atoms with van der Waals surface area (Å²) in [4.78, 5) is 4.45. The van der Waals surface area contributed by atoms with Crippen molar-refractivity contribution in [2.75, 3.05) is 39.8 Å². The highest BCUT2D eigenvalue weighted by molar-refractivity contribution is 7.80. The fourth-order valence-electron chi connectivity index (χ4n) is 1.27. The molecule has 1 aliphatic heterocycles. The molecule has 0 N–H and O–H groups in total. The summed E-state index contributed by atoms with van der Waals surface area (Å²) in [5, 5.41) is 0.676. The lowest BCUT2D eigenvalue weighted by Gasteiger charge is -2.33. The average molecular weight is 239 g/mol. The van der Waals surface area contributed by atoms with Crippen molar-refractivity contribution in [1.29, 1.82) is 0 Å². The molecule has 0 aliphatic carbocycles. The van der Waals surface area contributed by atoms with E-state index in [-0.39, 0.29) is 12.4 Å². The van der Waals surface area contributed by atoms with Gasteiger partial charge in [-0.15, -0.1) is 12.4 Å². The van der Waals surface area contributed by atoms with Gasteiger partial charge in [0, 0.05) is 26.2 Å². The first-order valence-electron chi connectivity index (χ1n) is 4.84. The fraction of sp³-hybridized carbons (Fsp3) is 0.889. The van der Waals surface area contributed by atoms with Crippen LogP contribution in [0.4, 0.5) is 0 Å². The standard InChI is InChI=1S/C9H18N2OS.ClH/c1-3-8-12-9(13)11-6-4-10(2)5-7-11;/h3-8H2,1-2H3;1H. The van der Waals surface area contributed by atoms with Crippen LogP contribution in [0, 0.1) is 0 Å². The summed E-state index contributed by atoms with van der Waals surface area (Å²) in [7, 11) is 2.13. The van der Waals surface area contributed by atoms with E-state index in [1.54, 1.807) is 0 Å². The summed E-state index contributed by atoms with van der Waals surface area (Å²) < 4.78 is 5.40. The summed E-state index contributed by atoms with van der Waals surface area (Å²) >= 11 is 5.16. The van der Waals surface area contributed by atoms with Crippen LogP contribution in [0.15, 0.2) is 0 Å². The molecule has 0 radical (unpaired) electrons. The predicted molar refractivity (Wildman–Crippen MR) is 65.2 cm³/mol. The number of nitrogens with zero attached hydrogens (tertiary/aromatic N) is 2. The van der Waals surface area contributed by atoms with E-state index in [1.165, 1.54) is 0 Å². The zero-order valence-electron chi connectivity index (χ0n) is 8.86. The SMILES string of the molecule is CCCOC(=S)N1CCN(C)CC1.Cl. The van der Waals surface area contributed by atoms with Crippen LogP contribution in [0.1, 0.15) is 13.3 Å². The Morgan fingerprint density at radius 3 is 2.36 bits per heavy atom. The maximum absolute atomic E-state index is 5.40. The molecule has 1 aliphatic rings. The predicted octanol–water partition coefficient (Wildman–Crippen LogP) is 1.37. The number of likely N-dealkylation sites (N-methyl/N-ethyl adjacent to an activating group) is 1. The Bertz CT molecular complexity index is 172. The molecule has 0 atom stereocenters. The Kier molecular flexibility index (Phi) is 7.23. The van der Waals surface area contributed by atoms with Gasteiger partial charge in [-0.1, -0.05) is 6.92 Å². The van der Waals surface area contributed by atoms with Crippen LogP contribution in [-0.4, -0.2) is 54.8 Å². The van der Waals surface area contributed by atoms with Crippen molar-refractivity contribution in [2.24, 2.45) is 0 Å². The van der Waals surface area contributed by atoms with Crippen LogP contribution in [0.25, 0.3) is 0 Å². The van der Waals surface area contributed by atoms with Crippen molar-refractivity contribution in [3.63, 3.8) is 0 Å². The second kappa shape index (κ2) is 7.26. The second-order valence-corrected chi connectivity index (χ2v) is 3.75. The fourth-order valence-corrected chi connectivity index (χ4v) is 1.54. The number of ether oxygens (including phenoxy) is 1. The molecule has 0 saturated carbocycles. The van der Waals surface area contributed by atoms with Crippen molar-refractivity contribution in [3.8, 4) is 0 Å². The molecule has 0 bridgehead atoms. The second-order valence-electron chi connectivity index (χ2n) is 3.40. The largest absolute Gasteiger partial charge is 0.471 e. The molecule has 1 heterocycles. The molecule has 3 nitrogen and oxygen atoms in total. The first-order valence-corrected chi connectivity index (χ1v) is 5.25. The van der Waals surface area contributed by atoms with Gasteiger partial charge in [-0.3, -0.25) is 0 Å². The summed E-state index contributed by atoms with van der Waals surface area (Å²) in [6, 6.07) is 0. The monoisotopic (exact) mass is 238 g/mol. The maximum atomic E-state index is 5.40. The first-order chi connectivity index (χ1) is 6.24. The third-order valence-electron chi connectivity index (χ3n) is 2.19. The van der Waals surface area contributed by atoms with Crippen molar-refractivity contribution >= 4 is 29.8 Å².